The third-order valence-electron chi connectivity index (χ3n) is 3.77. The molecule has 3 nitrogen and oxygen atoms in total. The Hall–Kier alpha value is -2.68. The van der Waals surface area contributed by atoms with Crippen molar-refractivity contribution in [3.63, 3.8) is 0 Å². The number of ether oxygens (including phenoxy) is 1. The van der Waals surface area contributed by atoms with Gasteiger partial charge in [-0.2, -0.15) is 0 Å². The molecule has 0 saturated carbocycles. The number of rotatable bonds is 5. The zero-order valence-electron chi connectivity index (χ0n) is 13.5. The van der Waals surface area contributed by atoms with Gasteiger partial charge in [-0.05, 0) is 0 Å². The average Bonchev–Trinajstić information content (AvgIpc) is 3.13. The van der Waals surface area contributed by atoms with Crippen LogP contribution >= 0.6 is 0 Å². The molecule has 0 bridgehead atoms. The molecule has 0 unspecified atom stereocenters. The van der Waals surface area contributed by atoms with E-state index in [1.807, 2.05) is 60.8 Å². The molecule has 4 rings (SSSR count). The van der Waals surface area contributed by atoms with Crippen molar-refractivity contribution in [1.29, 1.82) is 0 Å². The Morgan fingerprint density at radius 3 is 2.24 bits per heavy atom. The van der Waals surface area contributed by atoms with Crippen molar-refractivity contribution >= 4 is 14.5 Å². The first kappa shape index (κ1) is 15.8. The molecule has 122 valence electrons. The first-order valence-corrected chi connectivity index (χ1v) is 9.75. The number of nitrogens with zero attached hydrogens (tertiary/aromatic N) is 2. The fourth-order valence-electron chi connectivity index (χ4n) is 2.55. The van der Waals surface area contributed by atoms with Gasteiger partial charge < -0.3 is 0 Å². The van der Waals surface area contributed by atoms with Crippen LogP contribution in [0.15, 0.2) is 85.2 Å². The van der Waals surface area contributed by atoms with Gasteiger partial charge in [0, 0.05) is 0 Å². The summed E-state index contributed by atoms with van der Waals surface area (Å²) in [6, 6.07) is 24.3. The topological polar surface area (TPSA) is 35.0 Å². The minimum absolute atomic E-state index is 0.128. The van der Waals surface area contributed by atoms with Crippen molar-refractivity contribution in [2.75, 3.05) is 0 Å². The van der Waals surface area contributed by atoms with Gasteiger partial charge >= 0.3 is 153 Å². The summed E-state index contributed by atoms with van der Waals surface area (Å²) in [4.78, 5) is 9.15. The second-order valence-corrected chi connectivity index (χ2v) is 7.77. The van der Waals surface area contributed by atoms with Crippen LogP contribution in [-0.4, -0.2) is 24.5 Å². The van der Waals surface area contributed by atoms with Crippen LogP contribution in [0.4, 0.5) is 0 Å². The molecular weight excluding hydrogens is 375 g/mol. The van der Waals surface area contributed by atoms with Crippen LogP contribution in [0.3, 0.4) is 0 Å². The SMILES string of the molecule is c1ccc(OCc2[se]c(-c3cccnc3)nc2-c2ccccc2)cc1. The third kappa shape index (κ3) is 3.71. The Morgan fingerprint density at radius 1 is 0.800 bits per heavy atom. The van der Waals surface area contributed by atoms with E-state index in [2.05, 4.69) is 23.2 Å². The standard InChI is InChI=1S/C21H16N2OSe/c1-3-8-16(9-4-1)20-19(15-24-18-11-5-2-6-12-18)25-21(23-20)17-10-7-13-22-14-17/h1-14H,15H2. The van der Waals surface area contributed by atoms with Gasteiger partial charge in [-0.1, -0.05) is 0 Å². The summed E-state index contributed by atoms with van der Waals surface area (Å²) in [7, 11) is 0. The van der Waals surface area contributed by atoms with Crippen molar-refractivity contribution in [2.24, 2.45) is 0 Å². The fourth-order valence-corrected chi connectivity index (χ4v) is 4.62. The molecule has 0 saturated heterocycles. The van der Waals surface area contributed by atoms with Crippen molar-refractivity contribution in [3.05, 3.63) is 89.6 Å². The molecule has 2 aromatic heterocycles. The average molecular weight is 391 g/mol. The summed E-state index contributed by atoms with van der Waals surface area (Å²) in [6.45, 7) is 0.557. The number of aromatic nitrogens is 2. The first-order chi connectivity index (χ1) is 12.4. The summed E-state index contributed by atoms with van der Waals surface area (Å²) in [6.07, 6.45) is 3.67. The maximum atomic E-state index is 5.99. The first-order valence-electron chi connectivity index (χ1n) is 8.03. The van der Waals surface area contributed by atoms with Crippen LogP contribution in [0.2, 0.25) is 0 Å². The second-order valence-electron chi connectivity index (χ2n) is 5.50. The van der Waals surface area contributed by atoms with E-state index in [1.165, 1.54) is 4.44 Å². The van der Waals surface area contributed by atoms with E-state index in [0.717, 1.165) is 27.1 Å². The fraction of sp³-hybridized carbons (Fsp3) is 0.0476. The Bertz CT molecular complexity index is 938. The quantitative estimate of drug-likeness (QED) is 0.472. The van der Waals surface area contributed by atoms with E-state index in [1.54, 1.807) is 6.20 Å². The monoisotopic (exact) mass is 392 g/mol. The number of para-hydroxylation sites is 1. The molecule has 0 atom stereocenters. The molecular formula is C21H16N2OSe. The molecule has 2 aromatic carbocycles. The van der Waals surface area contributed by atoms with E-state index >= 15 is 0 Å². The van der Waals surface area contributed by atoms with Crippen LogP contribution in [0, 0.1) is 0 Å². The summed E-state index contributed by atoms with van der Waals surface area (Å²) < 4.78 is 8.35. The van der Waals surface area contributed by atoms with Gasteiger partial charge in [-0.15, -0.1) is 0 Å². The second kappa shape index (κ2) is 7.47. The Morgan fingerprint density at radius 2 is 1.52 bits per heavy atom. The molecule has 0 fully saturated rings. The molecule has 0 radical (unpaired) electrons. The predicted molar refractivity (Wildman–Crippen MR) is 101 cm³/mol. The van der Waals surface area contributed by atoms with Gasteiger partial charge in [0.25, 0.3) is 0 Å². The van der Waals surface area contributed by atoms with Gasteiger partial charge in [0.2, 0.25) is 0 Å². The van der Waals surface area contributed by atoms with Gasteiger partial charge in [-0.25, -0.2) is 0 Å². The summed E-state index contributed by atoms with van der Waals surface area (Å²) >= 11 is 0.128. The van der Waals surface area contributed by atoms with Gasteiger partial charge in [0.15, 0.2) is 0 Å². The summed E-state index contributed by atoms with van der Waals surface area (Å²) in [5.41, 5.74) is 3.26. The van der Waals surface area contributed by atoms with E-state index in [9.17, 15) is 0 Å². The number of pyridine rings is 1. The molecule has 0 N–H and O–H groups in total. The summed E-state index contributed by atoms with van der Waals surface area (Å²) in [5, 5.41) is 0. The third-order valence-corrected chi connectivity index (χ3v) is 6.03. The van der Waals surface area contributed by atoms with Gasteiger partial charge in [0.05, 0.1) is 0 Å². The Balaban J connectivity index is 1.69. The number of hydrogen-bond donors (Lipinski definition) is 0. The van der Waals surface area contributed by atoms with Crippen molar-refractivity contribution in [3.8, 4) is 27.1 Å². The summed E-state index contributed by atoms with van der Waals surface area (Å²) in [5.74, 6) is 0.882. The zero-order chi connectivity index (χ0) is 16.9. The molecule has 4 aromatic rings. The molecule has 0 amide bonds. The van der Waals surface area contributed by atoms with Crippen molar-refractivity contribution < 1.29 is 4.74 Å². The predicted octanol–water partition coefficient (Wildman–Crippen LogP) is 4.45. The van der Waals surface area contributed by atoms with E-state index in [4.69, 9.17) is 9.72 Å². The van der Waals surface area contributed by atoms with Crippen molar-refractivity contribution in [1.82, 2.24) is 9.97 Å². The van der Waals surface area contributed by atoms with Gasteiger partial charge in [0.1, 0.15) is 0 Å². The molecule has 25 heavy (non-hydrogen) atoms. The number of benzene rings is 2. The van der Waals surface area contributed by atoms with Crippen molar-refractivity contribution in [2.45, 2.75) is 6.61 Å². The molecule has 0 aliphatic rings. The molecule has 0 spiro atoms. The van der Waals surface area contributed by atoms with Gasteiger partial charge in [-0.3, -0.25) is 0 Å². The molecule has 0 aliphatic carbocycles. The molecule has 4 heteroatoms. The normalized spacial score (nSPS) is 10.6. The van der Waals surface area contributed by atoms with E-state index in [-0.39, 0.29) is 14.5 Å². The molecule has 0 aliphatic heterocycles. The zero-order valence-corrected chi connectivity index (χ0v) is 15.2. The maximum absolute atomic E-state index is 5.99. The molecule has 2 heterocycles. The van der Waals surface area contributed by atoms with Crippen LogP contribution in [-0.2, 0) is 6.61 Å². The Kier molecular flexibility index (Phi) is 4.73. The van der Waals surface area contributed by atoms with Crippen LogP contribution in [0.5, 0.6) is 5.75 Å². The Labute approximate surface area is 152 Å². The van der Waals surface area contributed by atoms with E-state index in [0.29, 0.717) is 6.61 Å². The van der Waals surface area contributed by atoms with E-state index < -0.39 is 0 Å². The van der Waals surface area contributed by atoms with Crippen LogP contribution in [0.25, 0.3) is 21.4 Å². The van der Waals surface area contributed by atoms with Crippen LogP contribution in [0.1, 0.15) is 4.44 Å². The minimum atomic E-state index is 0.128. The van der Waals surface area contributed by atoms with Crippen LogP contribution < -0.4 is 4.74 Å². The number of hydrogen-bond acceptors (Lipinski definition) is 3.